The molecule has 10 heteroatoms. The average Bonchev–Trinajstić information content (AvgIpc) is 2.35. The van der Waals surface area contributed by atoms with Crippen molar-refractivity contribution in [3.63, 3.8) is 0 Å². The van der Waals surface area contributed by atoms with E-state index in [1.807, 2.05) is 0 Å². The number of rotatable bonds is 6. The standard InChI is InChI=1S/C11H12B3F2NO3S/c1-19-6-3-5(10(12,13)11(14,17)18)4-7(8(6)20-2)21-9(15)16/h3-4,9,18H,17H2,1-2H3. The first-order chi connectivity index (χ1) is 9.54. The van der Waals surface area contributed by atoms with Crippen LogP contribution >= 0.6 is 11.8 Å². The van der Waals surface area contributed by atoms with Crippen LogP contribution in [-0.2, 0) is 5.21 Å². The van der Waals surface area contributed by atoms with Gasteiger partial charge in [-0.15, -0.1) is 0 Å². The van der Waals surface area contributed by atoms with Gasteiger partial charge in [-0.3, -0.25) is 0 Å². The summed E-state index contributed by atoms with van der Waals surface area (Å²) in [4.78, 5) is 0.0198. The van der Waals surface area contributed by atoms with Gasteiger partial charge in [0.2, 0.25) is 0 Å². The maximum atomic E-state index is 12.6. The van der Waals surface area contributed by atoms with Crippen LogP contribution in [-0.4, -0.2) is 54.2 Å². The van der Waals surface area contributed by atoms with E-state index < -0.39 is 16.6 Å². The fourth-order valence-corrected chi connectivity index (χ4v) is 2.26. The van der Waals surface area contributed by atoms with Gasteiger partial charge < -0.3 is 20.3 Å². The fourth-order valence-electron chi connectivity index (χ4n) is 1.58. The molecule has 1 rings (SSSR count). The maximum Gasteiger partial charge on any atom is 0.289 e. The van der Waals surface area contributed by atoms with E-state index in [2.05, 4.69) is 0 Å². The number of hydrogen-bond donors (Lipinski definition) is 2. The predicted octanol–water partition coefficient (Wildman–Crippen LogP) is 0.282. The van der Waals surface area contributed by atoms with Crippen LogP contribution in [0.3, 0.4) is 0 Å². The van der Waals surface area contributed by atoms with Gasteiger partial charge in [0.25, 0.3) is 5.76 Å². The Labute approximate surface area is 130 Å². The molecule has 0 aliphatic carbocycles. The number of ether oxygens (including phenoxy) is 2. The van der Waals surface area contributed by atoms with Gasteiger partial charge in [-0.25, -0.2) is 0 Å². The monoisotopic (exact) mass is 309 g/mol. The second kappa shape index (κ2) is 6.50. The molecule has 0 aliphatic rings. The summed E-state index contributed by atoms with van der Waals surface area (Å²) in [7, 11) is 19.4. The van der Waals surface area contributed by atoms with Gasteiger partial charge >= 0.3 is 0 Å². The highest BCUT2D eigenvalue weighted by Gasteiger charge is 2.36. The van der Waals surface area contributed by atoms with Crippen molar-refractivity contribution >= 4 is 35.3 Å². The number of hydrogen-bond acceptors (Lipinski definition) is 5. The topological polar surface area (TPSA) is 64.7 Å². The molecule has 0 fully saturated rings. The normalized spacial score (nSPS) is 14.8. The number of benzene rings is 1. The first-order valence-electron chi connectivity index (χ1n) is 5.63. The Morgan fingerprint density at radius 2 is 1.81 bits per heavy atom. The van der Waals surface area contributed by atoms with Crippen LogP contribution in [0.5, 0.6) is 11.5 Å². The molecule has 1 atom stereocenters. The summed E-state index contributed by atoms with van der Waals surface area (Å²) in [6.45, 7) is 0. The highest BCUT2D eigenvalue weighted by molar-refractivity contribution is 7.99. The van der Waals surface area contributed by atoms with Crippen molar-refractivity contribution in [3.8, 4) is 11.5 Å². The lowest BCUT2D eigenvalue weighted by atomic mass is 9.42. The summed E-state index contributed by atoms with van der Waals surface area (Å²) in [6, 6.07) is 2.52. The number of nitrogens with two attached hydrogens (primary N) is 1. The Morgan fingerprint density at radius 1 is 1.24 bits per heavy atom. The highest BCUT2D eigenvalue weighted by atomic mass is 32.2. The zero-order chi connectivity index (χ0) is 16.4. The van der Waals surface area contributed by atoms with Crippen molar-refractivity contribution in [1.82, 2.24) is 0 Å². The lowest BCUT2D eigenvalue weighted by molar-refractivity contribution is 0.115. The lowest BCUT2D eigenvalue weighted by Gasteiger charge is -2.40. The molecular weight excluding hydrogens is 297 g/mol. The predicted molar refractivity (Wildman–Crippen MR) is 79.5 cm³/mol. The van der Waals surface area contributed by atoms with Crippen molar-refractivity contribution in [2.75, 3.05) is 14.2 Å². The Hall–Kier alpha value is -0.855. The molecule has 21 heavy (non-hydrogen) atoms. The van der Waals surface area contributed by atoms with Gasteiger partial charge in [0.15, 0.2) is 11.5 Å². The minimum absolute atomic E-state index is 0.0100. The number of aliphatic hydroxyl groups is 1. The summed E-state index contributed by atoms with van der Waals surface area (Å²) >= 11 is 0.207. The van der Waals surface area contributed by atoms with Crippen molar-refractivity contribution in [3.05, 3.63) is 17.7 Å². The molecule has 6 radical (unpaired) electrons. The molecule has 1 aromatic carbocycles. The molecule has 0 bridgehead atoms. The molecule has 0 aliphatic heterocycles. The van der Waals surface area contributed by atoms with Crippen LogP contribution in [0, 0.1) is 0 Å². The molecule has 0 amide bonds. The summed E-state index contributed by atoms with van der Waals surface area (Å²) in [5.74, 6) is -2.53. The molecule has 3 N–H and O–H groups in total. The van der Waals surface area contributed by atoms with E-state index in [-0.39, 0.29) is 33.7 Å². The summed E-state index contributed by atoms with van der Waals surface area (Å²) in [6.07, 6.45) is 0. The Balaban J connectivity index is 3.49. The molecule has 4 nitrogen and oxygen atoms in total. The number of thioether (sulfide) groups is 1. The van der Waals surface area contributed by atoms with Crippen molar-refractivity contribution < 1.29 is 23.4 Å². The van der Waals surface area contributed by atoms with Gasteiger partial charge in [-0.1, -0.05) is 17.3 Å². The maximum absolute atomic E-state index is 12.6. The lowest BCUT2D eigenvalue weighted by Crippen LogP contribution is -2.60. The van der Waals surface area contributed by atoms with Crippen LogP contribution in [0.15, 0.2) is 17.0 Å². The quantitative estimate of drug-likeness (QED) is 0.449. The Morgan fingerprint density at radius 3 is 2.19 bits per heavy atom. The second-order valence-corrected chi connectivity index (χ2v) is 5.31. The summed E-state index contributed by atoms with van der Waals surface area (Å²) in [5, 5.41) is 7.55. The van der Waals surface area contributed by atoms with Crippen LogP contribution in [0.25, 0.3) is 0 Å². The van der Waals surface area contributed by atoms with Crippen molar-refractivity contribution in [2.45, 2.75) is 21.5 Å². The van der Waals surface area contributed by atoms with E-state index in [4.69, 9.17) is 38.7 Å². The minimum atomic E-state index is -2.71. The van der Waals surface area contributed by atoms with E-state index in [1.54, 1.807) is 0 Å². The van der Waals surface area contributed by atoms with Gasteiger partial charge in [-0.05, 0) is 17.3 Å². The van der Waals surface area contributed by atoms with Crippen molar-refractivity contribution in [1.29, 1.82) is 0 Å². The third-order valence-corrected chi connectivity index (χ3v) is 3.54. The molecule has 0 heterocycles. The zero-order valence-electron chi connectivity index (χ0n) is 11.5. The third kappa shape index (κ3) is 3.87. The van der Waals surface area contributed by atoms with Crippen LogP contribution < -0.4 is 15.2 Å². The van der Waals surface area contributed by atoms with E-state index in [9.17, 15) is 13.9 Å². The first-order valence-corrected chi connectivity index (χ1v) is 6.51. The van der Waals surface area contributed by atoms with Crippen molar-refractivity contribution in [2.24, 2.45) is 5.73 Å². The molecule has 0 spiro atoms. The minimum Gasteiger partial charge on any atom is -0.493 e. The zero-order valence-corrected chi connectivity index (χ0v) is 12.3. The molecule has 0 saturated carbocycles. The van der Waals surface area contributed by atoms with Gasteiger partial charge in [0.1, 0.15) is 7.85 Å². The molecule has 0 aromatic heterocycles. The number of halogens is 2. The Kier molecular flexibility index (Phi) is 5.63. The van der Waals surface area contributed by atoms with Gasteiger partial charge in [0, 0.05) is 0 Å². The SMILES string of the molecule is [B]C(N)(O)C([B])([B])c1cc(OC)c(OC)c(SC(F)F)c1. The van der Waals surface area contributed by atoms with Crippen LogP contribution in [0.2, 0.25) is 0 Å². The smallest absolute Gasteiger partial charge is 0.289 e. The largest absolute Gasteiger partial charge is 0.493 e. The van der Waals surface area contributed by atoms with Crippen LogP contribution in [0.1, 0.15) is 5.56 Å². The van der Waals surface area contributed by atoms with E-state index in [0.29, 0.717) is 0 Å². The van der Waals surface area contributed by atoms with Gasteiger partial charge in [0.05, 0.1) is 40.4 Å². The summed E-state index contributed by atoms with van der Waals surface area (Å²) in [5.41, 5.74) is 2.85. The fraction of sp³-hybridized carbons (Fsp3) is 0.455. The third-order valence-electron chi connectivity index (χ3n) is 2.80. The highest BCUT2D eigenvalue weighted by Crippen LogP contribution is 2.43. The molecule has 0 saturated heterocycles. The van der Waals surface area contributed by atoms with E-state index in [0.717, 1.165) is 0 Å². The van der Waals surface area contributed by atoms with Gasteiger partial charge in [-0.2, -0.15) is 8.78 Å². The second-order valence-electron chi connectivity index (χ2n) is 4.28. The van der Waals surface area contributed by atoms with E-state index in [1.165, 1.54) is 26.4 Å². The first kappa shape index (κ1) is 18.2. The molecule has 1 unspecified atom stereocenters. The van der Waals surface area contributed by atoms with Crippen LogP contribution in [0.4, 0.5) is 8.78 Å². The molecule has 108 valence electrons. The van der Waals surface area contributed by atoms with E-state index >= 15 is 0 Å². The summed E-state index contributed by atoms with van der Waals surface area (Å²) < 4.78 is 35.4. The number of methoxy groups -OCH3 is 2. The number of alkyl halides is 2. The average molecular weight is 309 g/mol. The molecular formula is C11H12B3F2NO3S. The molecule has 1 aromatic rings. The Bertz CT molecular complexity index is 512.